The fourth-order valence-electron chi connectivity index (χ4n) is 9.78. The molecule has 0 rings (SSSR count). The van der Waals surface area contributed by atoms with Crippen LogP contribution < -0.4 is 0 Å². The summed E-state index contributed by atoms with van der Waals surface area (Å²) in [6.07, 6.45) is 103. The molecule has 0 saturated carbocycles. The number of ether oxygens (including phenoxy) is 2. The molecule has 0 aromatic rings. The third kappa shape index (κ3) is 72.9. The van der Waals surface area contributed by atoms with Crippen LogP contribution in [0.4, 0.5) is 0 Å². The molecule has 0 saturated heterocycles. The molecule has 0 fully saturated rings. The Balaban J connectivity index is 4.13. The van der Waals surface area contributed by atoms with Crippen LogP contribution in [-0.4, -0.2) is 74.9 Å². The lowest BCUT2D eigenvalue weighted by Gasteiger charge is -2.24. The molecule has 0 aliphatic carbocycles. The van der Waals surface area contributed by atoms with Gasteiger partial charge in [-0.05, 0) is 122 Å². The Morgan fingerprint density at radius 3 is 0.967 bits per heavy atom. The van der Waals surface area contributed by atoms with E-state index in [1.54, 1.807) is 0 Å². The van der Waals surface area contributed by atoms with E-state index in [1.807, 2.05) is 21.1 Å². The number of phosphoric ester groups is 1. The first-order chi connectivity index (χ1) is 44.0. The number of carbonyl (C=O) groups excluding carboxylic acids is 2. The number of nitrogens with zero attached hydrogens (tertiary/aromatic N) is 1. The minimum Gasteiger partial charge on any atom is -0.462 e. The number of phosphoric acid groups is 1. The quantitative estimate of drug-likeness (QED) is 0.0211. The van der Waals surface area contributed by atoms with E-state index in [2.05, 4.69) is 160 Å². The fraction of sp³-hybridized carbons (Fsp3) is 0.675. The highest BCUT2D eigenvalue weighted by molar-refractivity contribution is 7.47. The van der Waals surface area contributed by atoms with Crippen molar-refractivity contribution in [3.8, 4) is 0 Å². The smallest absolute Gasteiger partial charge is 0.462 e. The molecule has 0 aliphatic heterocycles. The van der Waals surface area contributed by atoms with Gasteiger partial charge < -0.3 is 18.9 Å². The maximum Gasteiger partial charge on any atom is 0.472 e. The standard InChI is InChI=1S/C80H136NO8P/c1-6-8-10-12-14-16-18-20-22-24-26-28-30-32-34-36-38-40-42-44-46-48-50-52-54-56-58-60-62-64-66-68-70-72-79(82)86-76-78(77-88-90(84,85)87-75-74-81(3,4)5)89-80(83)73-71-69-67-65-63-61-59-57-55-53-51-49-47-45-43-41-39-37-35-33-31-29-27-25-23-21-19-17-15-13-11-9-7-2/h9,11,15,17-18,20-21,23-24,26-27,29,33,35,39,41,45,47,51,53,57,59,63,65,78H,6-8,10,12-14,16,19,22,25,28,30-32,34,36-38,40,42-44,46,48-50,52,54-56,58,60-62,64,66-77H2,1-5H3/p+1/b11-9-,17-15-,20-18-,23-21-,26-24-,29-27-,35-33-,41-39-,47-45-,53-51-,59-57-,65-63-. The lowest BCUT2D eigenvalue weighted by molar-refractivity contribution is -0.870. The summed E-state index contributed by atoms with van der Waals surface area (Å²) in [5, 5.41) is 0. The maximum absolute atomic E-state index is 12.9. The van der Waals surface area contributed by atoms with Crippen LogP contribution >= 0.6 is 7.82 Å². The molecule has 2 unspecified atom stereocenters. The van der Waals surface area contributed by atoms with Crippen LogP contribution in [0, 0.1) is 0 Å². The van der Waals surface area contributed by atoms with Crippen molar-refractivity contribution < 1.29 is 42.1 Å². The van der Waals surface area contributed by atoms with Crippen LogP contribution in [-0.2, 0) is 32.7 Å². The van der Waals surface area contributed by atoms with E-state index in [4.69, 9.17) is 18.5 Å². The lowest BCUT2D eigenvalue weighted by Crippen LogP contribution is -2.37. The number of rotatable bonds is 66. The Hall–Kier alpha value is -4.11. The Morgan fingerprint density at radius 1 is 0.356 bits per heavy atom. The number of allylic oxidation sites excluding steroid dienone is 24. The van der Waals surface area contributed by atoms with Crippen molar-refractivity contribution in [2.75, 3.05) is 47.5 Å². The second kappa shape index (κ2) is 69.2. The summed E-state index contributed by atoms with van der Waals surface area (Å²) in [6, 6.07) is 0. The number of unbranched alkanes of at least 4 members (excludes halogenated alkanes) is 28. The predicted molar refractivity (Wildman–Crippen MR) is 390 cm³/mol. The summed E-state index contributed by atoms with van der Waals surface area (Å²) < 4.78 is 34.7. The molecule has 514 valence electrons. The summed E-state index contributed by atoms with van der Waals surface area (Å²) in [5.41, 5.74) is 0. The van der Waals surface area contributed by atoms with Gasteiger partial charge in [0.1, 0.15) is 19.8 Å². The SMILES string of the molecule is CC/C=C\C/C=C\C/C=C\C/C=C\C/C=C\C/C=C\C/C=C\C/C=C\C/C=C\C/C=C\CCCCC(=O)OC(COC(=O)CCCCCCCCCCCCCCCCCCCCCCC/C=C\C/C=C\CCCCCCC)COP(=O)(O)OCC[N+](C)(C)C. The topological polar surface area (TPSA) is 108 Å². The molecule has 0 amide bonds. The minimum atomic E-state index is -4.42. The molecule has 2 atom stereocenters. The van der Waals surface area contributed by atoms with E-state index in [9.17, 15) is 19.0 Å². The second-order valence-electron chi connectivity index (χ2n) is 25.2. The molecule has 0 aliphatic rings. The van der Waals surface area contributed by atoms with Crippen molar-refractivity contribution in [3.05, 3.63) is 146 Å². The van der Waals surface area contributed by atoms with Gasteiger partial charge in [-0.2, -0.15) is 0 Å². The largest absolute Gasteiger partial charge is 0.472 e. The third-order valence-electron chi connectivity index (χ3n) is 15.4. The number of hydrogen-bond donors (Lipinski definition) is 1. The van der Waals surface area contributed by atoms with Crippen molar-refractivity contribution in [2.24, 2.45) is 0 Å². The molecule has 0 spiro atoms. The summed E-state index contributed by atoms with van der Waals surface area (Å²) in [7, 11) is 1.44. The molecular formula is C80H137NO8P+. The lowest BCUT2D eigenvalue weighted by atomic mass is 10.0. The summed E-state index contributed by atoms with van der Waals surface area (Å²) >= 11 is 0. The zero-order valence-electron chi connectivity index (χ0n) is 58.6. The Bertz CT molecular complexity index is 2030. The van der Waals surface area contributed by atoms with E-state index in [0.717, 1.165) is 103 Å². The van der Waals surface area contributed by atoms with Gasteiger partial charge >= 0.3 is 19.8 Å². The first-order valence-electron chi connectivity index (χ1n) is 36.6. The van der Waals surface area contributed by atoms with Crippen LogP contribution in [0.15, 0.2) is 146 Å². The average Bonchev–Trinajstić information content (AvgIpc) is 3.58. The summed E-state index contributed by atoms with van der Waals surface area (Å²) in [6.45, 7) is 4.27. The highest BCUT2D eigenvalue weighted by atomic mass is 31.2. The molecule has 9 nitrogen and oxygen atoms in total. The van der Waals surface area contributed by atoms with Crippen LogP contribution in [0.2, 0.25) is 0 Å². The molecule has 90 heavy (non-hydrogen) atoms. The van der Waals surface area contributed by atoms with E-state index < -0.39 is 26.5 Å². The Labute approximate surface area is 554 Å². The highest BCUT2D eigenvalue weighted by Crippen LogP contribution is 2.43. The molecule has 10 heteroatoms. The molecule has 0 heterocycles. The fourth-order valence-corrected chi connectivity index (χ4v) is 10.5. The predicted octanol–water partition coefficient (Wildman–Crippen LogP) is 24.2. The maximum atomic E-state index is 12.9. The van der Waals surface area contributed by atoms with E-state index >= 15 is 0 Å². The van der Waals surface area contributed by atoms with Gasteiger partial charge in [0.15, 0.2) is 6.10 Å². The van der Waals surface area contributed by atoms with Gasteiger partial charge in [0, 0.05) is 12.8 Å². The Kier molecular flexibility index (Phi) is 66.1. The van der Waals surface area contributed by atoms with Crippen molar-refractivity contribution in [3.63, 3.8) is 0 Å². The molecular weight excluding hydrogens is 1130 g/mol. The molecule has 0 radical (unpaired) electrons. The Morgan fingerprint density at radius 2 is 0.633 bits per heavy atom. The zero-order valence-corrected chi connectivity index (χ0v) is 59.5. The van der Waals surface area contributed by atoms with Crippen molar-refractivity contribution in [2.45, 2.75) is 302 Å². The van der Waals surface area contributed by atoms with Gasteiger partial charge in [-0.15, -0.1) is 0 Å². The van der Waals surface area contributed by atoms with Crippen molar-refractivity contribution >= 4 is 19.8 Å². The van der Waals surface area contributed by atoms with E-state index in [1.165, 1.54) is 161 Å². The van der Waals surface area contributed by atoms with Gasteiger partial charge in [-0.3, -0.25) is 18.6 Å². The van der Waals surface area contributed by atoms with Crippen LogP contribution in [0.1, 0.15) is 296 Å². The normalized spacial score (nSPS) is 14.0. The summed E-state index contributed by atoms with van der Waals surface area (Å²) in [5.74, 6) is -0.849. The van der Waals surface area contributed by atoms with Crippen molar-refractivity contribution in [1.82, 2.24) is 0 Å². The average molecular weight is 1270 g/mol. The zero-order chi connectivity index (χ0) is 65.5. The van der Waals surface area contributed by atoms with E-state index in [0.29, 0.717) is 17.4 Å². The second-order valence-corrected chi connectivity index (χ2v) is 26.7. The molecule has 0 aromatic heterocycles. The first kappa shape index (κ1) is 85.9. The van der Waals surface area contributed by atoms with Gasteiger partial charge in [0.2, 0.25) is 0 Å². The van der Waals surface area contributed by atoms with Crippen molar-refractivity contribution in [1.29, 1.82) is 0 Å². The molecule has 1 N–H and O–H groups in total. The van der Waals surface area contributed by atoms with Crippen LogP contribution in [0.5, 0.6) is 0 Å². The van der Waals surface area contributed by atoms with Gasteiger partial charge in [-0.1, -0.05) is 307 Å². The highest BCUT2D eigenvalue weighted by Gasteiger charge is 2.27. The minimum absolute atomic E-state index is 0.0165. The molecule has 0 aromatic carbocycles. The monoisotopic (exact) mass is 1270 g/mol. The van der Waals surface area contributed by atoms with Crippen LogP contribution in [0.25, 0.3) is 0 Å². The first-order valence-corrected chi connectivity index (χ1v) is 38.1. The third-order valence-corrected chi connectivity index (χ3v) is 16.3. The van der Waals surface area contributed by atoms with Gasteiger partial charge in [-0.25, -0.2) is 4.57 Å². The number of esters is 2. The van der Waals surface area contributed by atoms with E-state index in [-0.39, 0.29) is 32.0 Å². The van der Waals surface area contributed by atoms with Crippen LogP contribution in [0.3, 0.4) is 0 Å². The molecule has 0 bridgehead atoms. The summed E-state index contributed by atoms with van der Waals surface area (Å²) in [4.78, 5) is 35.9. The van der Waals surface area contributed by atoms with Gasteiger partial charge in [0.25, 0.3) is 0 Å². The number of carbonyl (C=O) groups is 2. The number of hydrogen-bond acceptors (Lipinski definition) is 7. The number of quaternary nitrogens is 1. The van der Waals surface area contributed by atoms with Gasteiger partial charge in [0.05, 0.1) is 27.7 Å². The number of likely N-dealkylation sites (N-methyl/N-ethyl adjacent to an activating group) is 1.